The standard InChI is InChI=1S/C14H12F6N4O2/c1-24(2)9-4-7(3-8(5-9)13(15,16)17)11(25)21-6-10-22-12(23-26-10)14(18,19)20/h3-5H,6H2,1-2H3,(H,21,25). The van der Waals surface area contributed by atoms with Crippen molar-refractivity contribution < 1.29 is 35.7 Å². The molecule has 0 saturated carbocycles. The molecule has 1 amide bonds. The molecular formula is C14H12F6N4O2. The molecule has 0 unspecified atom stereocenters. The van der Waals surface area contributed by atoms with E-state index >= 15 is 0 Å². The van der Waals surface area contributed by atoms with Crippen molar-refractivity contribution >= 4 is 11.6 Å². The molecule has 0 spiro atoms. The van der Waals surface area contributed by atoms with Gasteiger partial charge in [-0.2, -0.15) is 31.3 Å². The van der Waals surface area contributed by atoms with Crippen molar-refractivity contribution in [3.05, 3.63) is 41.0 Å². The quantitative estimate of drug-likeness (QED) is 0.823. The van der Waals surface area contributed by atoms with Gasteiger partial charge in [-0.15, -0.1) is 0 Å². The van der Waals surface area contributed by atoms with Crippen molar-refractivity contribution in [2.45, 2.75) is 18.9 Å². The minimum absolute atomic E-state index is 0.127. The van der Waals surface area contributed by atoms with Crippen LogP contribution in [0.4, 0.5) is 32.0 Å². The number of aromatic nitrogens is 2. The molecule has 2 aromatic rings. The highest BCUT2D eigenvalue weighted by atomic mass is 19.4. The number of hydrogen-bond acceptors (Lipinski definition) is 5. The number of hydrogen-bond donors (Lipinski definition) is 1. The number of rotatable bonds is 4. The molecule has 26 heavy (non-hydrogen) atoms. The van der Waals surface area contributed by atoms with Crippen LogP contribution in [-0.4, -0.2) is 30.1 Å². The van der Waals surface area contributed by atoms with Crippen LogP contribution in [0.25, 0.3) is 0 Å². The summed E-state index contributed by atoms with van der Waals surface area (Å²) in [5, 5.41) is 4.84. The maximum Gasteiger partial charge on any atom is 0.455 e. The molecule has 0 fully saturated rings. The Labute approximate surface area is 142 Å². The number of carbonyl (C=O) groups is 1. The van der Waals surface area contributed by atoms with Gasteiger partial charge in [-0.3, -0.25) is 4.79 Å². The second-order valence-corrected chi connectivity index (χ2v) is 5.35. The Balaban J connectivity index is 2.18. The van der Waals surface area contributed by atoms with Gasteiger partial charge >= 0.3 is 12.4 Å². The SMILES string of the molecule is CN(C)c1cc(C(=O)NCc2nc(C(F)(F)F)no2)cc(C(F)(F)F)c1. The molecule has 0 aliphatic carbocycles. The predicted molar refractivity (Wildman–Crippen MR) is 76.2 cm³/mol. The fourth-order valence-electron chi connectivity index (χ4n) is 1.86. The molecule has 0 bridgehead atoms. The zero-order chi connectivity index (χ0) is 19.7. The average Bonchev–Trinajstić information content (AvgIpc) is 3.00. The zero-order valence-electron chi connectivity index (χ0n) is 13.4. The lowest BCUT2D eigenvalue weighted by Crippen LogP contribution is -2.24. The van der Waals surface area contributed by atoms with E-state index in [1.165, 1.54) is 25.1 Å². The van der Waals surface area contributed by atoms with Crippen molar-refractivity contribution in [2.75, 3.05) is 19.0 Å². The lowest BCUT2D eigenvalue weighted by atomic mass is 10.1. The van der Waals surface area contributed by atoms with E-state index in [9.17, 15) is 31.1 Å². The van der Waals surface area contributed by atoms with Gasteiger partial charge in [-0.1, -0.05) is 5.16 Å². The summed E-state index contributed by atoms with van der Waals surface area (Å²) < 4.78 is 80.3. The summed E-state index contributed by atoms with van der Waals surface area (Å²) in [4.78, 5) is 16.5. The summed E-state index contributed by atoms with van der Waals surface area (Å²) in [6.45, 7) is -0.574. The number of anilines is 1. The number of carbonyl (C=O) groups excluding carboxylic acids is 1. The van der Waals surface area contributed by atoms with E-state index in [0.717, 1.165) is 6.07 Å². The van der Waals surface area contributed by atoms with Crippen molar-refractivity contribution in [1.29, 1.82) is 0 Å². The summed E-state index contributed by atoms with van der Waals surface area (Å²) in [5.41, 5.74) is -1.23. The van der Waals surface area contributed by atoms with Crippen LogP contribution < -0.4 is 10.2 Å². The van der Waals surface area contributed by atoms with E-state index in [1.54, 1.807) is 0 Å². The van der Waals surface area contributed by atoms with E-state index < -0.39 is 42.1 Å². The van der Waals surface area contributed by atoms with E-state index in [-0.39, 0.29) is 11.3 Å². The third-order valence-corrected chi connectivity index (χ3v) is 3.15. The minimum Gasteiger partial charge on any atom is -0.378 e. The molecule has 0 radical (unpaired) electrons. The fraction of sp³-hybridized carbons (Fsp3) is 0.357. The van der Waals surface area contributed by atoms with E-state index in [4.69, 9.17) is 0 Å². The molecule has 1 heterocycles. The smallest absolute Gasteiger partial charge is 0.378 e. The van der Waals surface area contributed by atoms with Crippen LogP contribution in [0.5, 0.6) is 0 Å². The number of halogens is 6. The summed E-state index contributed by atoms with van der Waals surface area (Å²) in [5.74, 6) is -2.99. The van der Waals surface area contributed by atoms with Gasteiger partial charge in [0, 0.05) is 25.3 Å². The molecule has 6 nitrogen and oxygen atoms in total. The lowest BCUT2D eigenvalue weighted by Gasteiger charge is -2.17. The van der Waals surface area contributed by atoms with Crippen molar-refractivity contribution in [3.63, 3.8) is 0 Å². The zero-order valence-corrected chi connectivity index (χ0v) is 13.4. The van der Waals surface area contributed by atoms with Crippen LogP contribution in [0, 0.1) is 0 Å². The molecule has 0 saturated heterocycles. The first-order valence-corrected chi connectivity index (χ1v) is 6.95. The van der Waals surface area contributed by atoms with Gasteiger partial charge in [0.15, 0.2) is 0 Å². The molecule has 12 heteroatoms. The number of nitrogens with one attached hydrogen (secondary N) is 1. The first-order valence-electron chi connectivity index (χ1n) is 6.95. The van der Waals surface area contributed by atoms with Crippen LogP contribution in [-0.2, 0) is 18.9 Å². The molecule has 1 aromatic heterocycles. The Kier molecular flexibility index (Phi) is 5.14. The van der Waals surface area contributed by atoms with Crippen LogP contribution in [0.1, 0.15) is 27.6 Å². The van der Waals surface area contributed by atoms with Gasteiger partial charge in [0.05, 0.1) is 12.1 Å². The summed E-state index contributed by atoms with van der Waals surface area (Å²) in [7, 11) is 2.99. The van der Waals surface area contributed by atoms with Gasteiger partial charge in [-0.05, 0) is 18.2 Å². The molecule has 0 aliphatic rings. The normalized spacial score (nSPS) is 12.2. The van der Waals surface area contributed by atoms with Gasteiger partial charge < -0.3 is 14.7 Å². The van der Waals surface area contributed by atoms with Gasteiger partial charge in [-0.25, -0.2) is 0 Å². The Morgan fingerprint density at radius 2 is 1.77 bits per heavy atom. The summed E-state index contributed by atoms with van der Waals surface area (Å²) >= 11 is 0. The topological polar surface area (TPSA) is 71.3 Å². The Hall–Kier alpha value is -2.79. The Morgan fingerprint density at radius 1 is 1.12 bits per heavy atom. The third kappa shape index (κ3) is 4.64. The maximum absolute atomic E-state index is 12.9. The molecule has 1 aromatic carbocycles. The van der Waals surface area contributed by atoms with Crippen molar-refractivity contribution in [1.82, 2.24) is 15.5 Å². The van der Waals surface area contributed by atoms with Crippen molar-refractivity contribution in [3.8, 4) is 0 Å². The minimum atomic E-state index is -4.81. The predicted octanol–water partition coefficient (Wildman–Crippen LogP) is 3.10. The Morgan fingerprint density at radius 3 is 2.27 bits per heavy atom. The molecule has 1 N–H and O–H groups in total. The van der Waals surface area contributed by atoms with Gasteiger partial charge in [0.25, 0.3) is 11.7 Å². The highest BCUT2D eigenvalue weighted by Crippen LogP contribution is 2.32. The van der Waals surface area contributed by atoms with Crippen LogP contribution >= 0.6 is 0 Å². The van der Waals surface area contributed by atoms with E-state index in [0.29, 0.717) is 6.07 Å². The molecule has 142 valence electrons. The second kappa shape index (κ2) is 6.84. The maximum atomic E-state index is 12.9. The third-order valence-electron chi connectivity index (χ3n) is 3.15. The van der Waals surface area contributed by atoms with Crippen LogP contribution in [0.3, 0.4) is 0 Å². The lowest BCUT2D eigenvalue weighted by molar-refractivity contribution is -0.146. The number of alkyl halides is 6. The van der Waals surface area contributed by atoms with E-state index in [1.807, 2.05) is 0 Å². The van der Waals surface area contributed by atoms with Gasteiger partial charge in [0.2, 0.25) is 5.89 Å². The van der Waals surface area contributed by atoms with Crippen LogP contribution in [0.15, 0.2) is 22.7 Å². The molecule has 0 atom stereocenters. The average molecular weight is 382 g/mol. The molecule has 0 aliphatic heterocycles. The molecule has 2 rings (SSSR count). The number of nitrogens with zero attached hydrogens (tertiary/aromatic N) is 3. The molecular weight excluding hydrogens is 370 g/mol. The number of amides is 1. The monoisotopic (exact) mass is 382 g/mol. The first kappa shape index (κ1) is 19.5. The largest absolute Gasteiger partial charge is 0.455 e. The summed E-state index contributed by atoms with van der Waals surface area (Å²) in [6.07, 6.45) is -9.48. The fourth-order valence-corrected chi connectivity index (χ4v) is 1.86. The second-order valence-electron chi connectivity index (χ2n) is 5.35. The van der Waals surface area contributed by atoms with E-state index in [2.05, 4.69) is 20.0 Å². The number of benzene rings is 1. The first-order chi connectivity index (χ1) is 11.9. The summed E-state index contributed by atoms with van der Waals surface area (Å²) in [6, 6.07) is 2.71. The highest BCUT2D eigenvalue weighted by molar-refractivity contribution is 5.95. The van der Waals surface area contributed by atoms with Crippen LogP contribution in [0.2, 0.25) is 0 Å². The van der Waals surface area contributed by atoms with Crippen molar-refractivity contribution in [2.24, 2.45) is 0 Å². The van der Waals surface area contributed by atoms with Gasteiger partial charge in [0.1, 0.15) is 0 Å². The Bertz CT molecular complexity index is 797. The highest BCUT2D eigenvalue weighted by Gasteiger charge is 2.37.